The summed E-state index contributed by atoms with van der Waals surface area (Å²) in [5.74, 6) is -0.185. The number of amides is 1. The first-order valence-corrected chi connectivity index (χ1v) is 5.86. The van der Waals surface area contributed by atoms with Gasteiger partial charge in [0.1, 0.15) is 5.51 Å². The van der Waals surface area contributed by atoms with E-state index in [4.69, 9.17) is 0 Å². The molecule has 0 fully saturated rings. The van der Waals surface area contributed by atoms with E-state index in [2.05, 4.69) is 20.5 Å². The number of carbonyl (C=O) groups excluding carboxylic acids is 1. The predicted octanol–water partition coefficient (Wildman–Crippen LogP) is 2.27. The molecule has 1 amide bonds. The maximum atomic E-state index is 12.0. The molecule has 6 heteroatoms. The minimum absolute atomic E-state index is 0.185. The number of hydrogen-bond donors (Lipinski definition) is 2. The van der Waals surface area contributed by atoms with Crippen LogP contribution >= 0.6 is 11.3 Å². The average molecular weight is 244 g/mol. The van der Waals surface area contributed by atoms with Crippen LogP contribution in [0.1, 0.15) is 10.4 Å². The summed E-state index contributed by atoms with van der Waals surface area (Å²) >= 11 is 1.29. The zero-order valence-corrected chi connectivity index (χ0v) is 9.49. The van der Waals surface area contributed by atoms with Crippen LogP contribution in [0.5, 0.6) is 0 Å². The zero-order valence-electron chi connectivity index (χ0n) is 8.68. The lowest BCUT2D eigenvalue weighted by molar-refractivity contribution is 0.102. The maximum Gasteiger partial charge on any atom is 0.259 e. The smallest absolute Gasteiger partial charge is 0.259 e. The summed E-state index contributed by atoms with van der Waals surface area (Å²) in [4.78, 5) is 15.1. The first-order valence-electron chi connectivity index (χ1n) is 4.98. The van der Waals surface area contributed by atoms with Crippen molar-refractivity contribution in [1.29, 1.82) is 0 Å². The highest BCUT2D eigenvalue weighted by Gasteiger charge is 2.11. The van der Waals surface area contributed by atoms with Crippen molar-refractivity contribution in [2.75, 3.05) is 5.32 Å². The van der Waals surface area contributed by atoms with Crippen LogP contribution in [0.15, 0.2) is 36.0 Å². The van der Waals surface area contributed by atoms with Gasteiger partial charge in [-0.25, -0.2) is 0 Å². The van der Waals surface area contributed by atoms with Crippen LogP contribution in [0.4, 0.5) is 5.13 Å². The Morgan fingerprint density at radius 1 is 1.35 bits per heavy atom. The fourth-order valence-electron chi connectivity index (χ4n) is 1.67. The summed E-state index contributed by atoms with van der Waals surface area (Å²) in [7, 11) is 0. The Balaban J connectivity index is 1.98. The van der Waals surface area contributed by atoms with Crippen LogP contribution in [-0.2, 0) is 0 Å². The van der Waals surface area contributed by atoms with Gasteiger partial charge in [-0.3, -0.25) is 10.1 Å². The molecule has 17 heavy (non-hydrogen) atoms. The summed E-state index contributed by atoms with van der Waals surface area (Å²) in [5, 5.41) is 11.7. The Labute approximate surface area is 101 Å². The van der Waals surface area contributed by atoms with Crippen molar-refractivity contribution < 1.29 is 4.79 Å². The number of aromatic nitrogens is 3. The van der Waals surface area contributed by atoms with Crippen LogP contribution < -0.4 is 5.32 Å². The zero-order chi connectivity index (χ0) is 11.7. The number of rotatable bonds is 2. The lowest BCUT2D eigenvalue weighted by Crippen LogP contribution is -2.12. The van der Waals surface area contributed by atoms with Gasteiger partial charge in [-0.05, 0) is 12.1 Å². The van der Waals surface area contributed by atoms with Crippen molar-refractivity contribution in [3.05, 3.63) is 41.5 Å². The van der Waals surface area contributed by atoms with Gasteiger partial charge in [-0.2, -0.15) is 0 Å². The molecule has 0 saturated heterocycles. The topological polar surface area (TPSA) is 70.7 Å². The first-order chi connectivity index (χ1) is 8.34. The van der Waals surface area contributed by atoms with Gasteiger partial charge < -0.3 is 4.98 Å². The molecule has 2 heterocycles. The van der Waals surface area contributed by atoms with Crippen molar-refractivity contribution in [3.63, 3.8) is 0 Å². The third kappa shape index (κ3) is 1.78. The standard InChI is InChI=1S/C11H8N4OS/c16-10(14-11-15-13-6-17-11)8-3-1-2-7-4-5-12-9(7)8/h1-6,12H,(H,14,15,16). The Hall–Kier alpha value is -2.21. The highest BCUT2D eigenvalue weighted by molar-refractivity contribution is 7.13. The van der Waals surface area contributed by atoms with Crippen molar-refractivity contribution in [2.45, 2.75) is 0 Å². The molecule has 2 aromatic heterocycles. The Morgan fingerprint density at radius 2 is 2.29 bits per heavy atom. The molecule has 0 atom stereocenters. The van der Waals surface area contributed by atoms with Gasteiger partial charge in [0.25, 0.3) is 5.91 Å². The van der Waals surface area contributed by atoms with Crippen molar-refractivity contribution in [2.24, 2.45) is 0 Å². The van der Waals surface area contributed by atoms with E-state index in [0.29, 0.717) is 10.7 Å². The molecule has 1 aromatic carbocycles. The number of carbonyl (C=O) groups is 1. The number of benzene rings is 1. The summed E-state index contributed by atoms with van der Waals surface area (Å²) in [6, 6.07) is 7.50. The molecule has 0 bridgehead atoms. The highest BCUT2D eigenvalue weighted by Crippen LogP contribution is 2.18. The van der Waals surface area contributed by atoms with Gasteiger partial charge in [0, 0.05) is 11.6 Å². The van der Waals surface area contributed by atoms with Gasteiger partial charge in [-0.1, -0.05) is 23.5 Å². The molecule has 0 saturated carbocycles. The maximum absolute atomic E-state index is 12.0. The number of nitrogens with zero attached hydrogens (tertiary/aromatic N) is 2. The molecule has 0 aliphatic carbocycles. The lowest BCUT2D eigenvalue weighted by Gasteiger charge is -2.02. The molecule has 84 valence electrons. The highest BCUT2D eigenvalue weighted by atomic mass is 32.1. The first kappa shape index (κ1) is 9.98. The van der Waals surface area contributed by atoms with Gasteiger partial charge in [0.15, 0.2) is 0 Å². The summed E-state index contributed by atoms with van der Waals surface area (Å²) in [6.45, 7) is 0. The number of anilines is 1. The van der Waals surface area contributed by atoms with Crippen LogP contribution in [0.2, 0.25) is 0 Å². The quantitative estimate of drug-likeness (QED) is 0.726. The molecular formula is C11H8N4OS. The predicted molar refractivity (Wildman–Crippen MR) is 66.2 cm³/mol. The molecule has 0 radical (unpaired) electrons. The Bertz CT molecular complexity index is 659. The Morgan fingerprint density at radius 3 is 3.12 bits per heavy atom. The average Bonchev–Trinajstić information content (AvgIpc) is 2.97. The monoisotopic (exact) mass is 244 g/mol. The number of aromatic amines is 1. The van der Waals surface area contributed by atoms with Gasteiger partial charge in [0.05, 0.1) is 11.1 Å². The number of nitrogens with one attached hydrogen (secondary N) is 2. The number of hydrogen-bond acceptors (Lipinski definition) is 4. The van der Waals surface area contributed by atoms with E-state index in [1.807, 2.05) is 24.4 Å². The molecule has 0 spiro atoms. The van der Waals surface area contributed by atoms with E-state index >= 15 is 0 Å². The van der Waals surface area contributed by atoms with Crippen molar-refractivity contribution >= 4 is 33.3 Å². The van der Waals surface area contributed by atoms with E-state index in [-0.39, 0.29) is 5.91 Å². The van der Waals surface area contributed by atoms with Crippen LogP contribution in [0.3, 0.4) is 0 Å². The van der Waals surface area contributed by atoms with Crippen LogP contribution in [0.25, 0.3) is 10.9 Å². The Kier molecular flexibility index (Phi) is 2.34. The van der Waals surface area contributed by atoms with E-state index in [1.54, 1.807) is 11.6 Å². The second-order valence-electron chi connectivity index (χ2n) is 3.45. The minimum atomic E-state index is -0.185. The fourth-order valence-corrected chi connectivity index (χ4v) is 2.11. The van der Waals surface area contributed by atoms with E-state index in [0.717, 1.165) is 10.9 Å². The fraction of sp³-hybridized carbons (Fsp3) is 0. The number of H-pyrrole nitrogens is 1. The molecule has 3 rings (SSSR count). The summed E-state index contributed by atoms with van der Waals surface area (Å²) < 4.78 is 0. The van der Waals surface area contributed by atoms with Crippen molar-refractivity contribution in [3.8, 4) is 0 Å². The van der Waals surface area contributed by atoms with E-state index in [9.17, 15) is 4.79 Å². The number of fused-ring (bicyclic) bond motifs is 1. The summed E-state index contributed by atoms with van der Waals surface area (Å²) in [5.41, 5.74) is 3.00. The van der Waals surface area contributed by atoms with Crippen LogP contribution in [-0.4, -0.2) is 21.1 Å². The minimum Gasteiger partial charge on any atom is -0.361 e. The lowest BCUT2D eigenvalue weighted by atomic mass is 10.1. The molecule has 0 unspecified atom stereocenters. The SMILES string of the molecule is O=C(Nc1nncs1)c1cccc2cc[nH]c12. The molecule has 0 aliphatic heterocycles. The third-order valence-corrected chi connectivity index (χ3v) is 3.02. The van der Waals surface area contributed by atoms with Gasteiger partial charge in [0.2, 0.25) is 5.13 Å². The molecular weight excluding hydrogens is 236 g/mol. The van der Waals surface area contributed by atoms with E-state index in [1.165, 1.54) is 11.3 Å². The van der Waals surface area contributed by atoms with Gasteiger partial charge >= 0.3 is 0 Å². The molecule has 5 nitrogen and oxygen atoms in total. The normalized spacial score (nSPS) is 10.6. The largest absolute Gasteiger partial charge is 0.361 e. The second-order valence-corrected chi connectivity index (χ2v) is 4.28. The third-order valence-electron chi connectivity index (χ3n) is 2.41. The van der Waals surface area contributed by atoms with Crippen molar-refractivity contribution in [1.82, 2.24) is 15.2 Å². The second kappa shape index (κ2) is 3.99. The molecule has 3 aromatic rings. The van der Waals surface area contributed by atoms with Crippen LogP contribution in [0, 0.1) is 0 Å². The van der Waals surface area contributed by atoms with Gasteiger partial charge in [-0.15, -0.1) is 10.2 Å². The summed E-state index contributed by atoms with van der Waals surface area (Å²) in [6.07, 6.45) is 1.81. The van der Waals surface area contributed by atoms with E-state index < -0.39 is 0 Å². The number of para-hydroxylation sites is 1. The molecule has 0 aliphatic rings. The molecule has 2 N–H and O–H groups in total.